The fourth-order valence-corrected chi connectivity index (χ4v) is 2.08. The fraction of sp³-hybridized carbons (Fsp3) is 0.0909. The van der Waals surface area contributed by atoms with E-state index in [1.54, 1.807) is 5.38 Å². The average molecular weight is 250 g/mol. The Morgan fingerprint density at radius 2 is 2.12 bits per heavy atom. The monoisotopic (exact) mass is 250 g/mol. The second-order valence-corrected chi connectivity index (χ2v) is 4.78. The van der Waals surface area contributed by atoms with E-state index in [4.69, 9.17) is 12.2 Å². The van der Waals surface area contributed by atoms with E-state index in [1.165, 1.54) is 11.3 Å². The zero-order valence-corrected chi connectivity index (χ0v) is 10.0. The van der Waals surface area contributed by atoms with Crippen LogP contribution >= 0.6 is 23.6 Å². The predicted molar refractivity (Wildman–Crippen MR) is 67.1 cm³/mol. The summed E-state index contributed by atoms with van der Waals surface area (Å²) in [5.74, 6) is -0.129. The number of nitrogens with one attached hydrogen (secondary N) is 2. The van der Waals surface area contributed by atoms with Crippen LogP contribution in [0.15, 0.2) is 35.7 Å². The molecule has 0 aliphatic heterocycles. The molecule has 2 aromatic rings. The molecule has 5 heteroatoms. The molecule has 0 saturated heterocycles. The third kappa shape index (κ3) is 2.77. The van der Waals surface area contributed by atoms with E-state index in [0.29, 0.717) is 16.2 Å². The molecule has 1 heterocycles. The summed E-state index contributed by atoms with van der Waals surface area (Å²) in [4.78, 5) is 14.5. The van der Waals surface area contributed by atoms with Crippen molar-refractivity contribution in [3.05, 3.63) is 50.9 Å². The number of aromatic amines is 1. The lowest BCUT2D eigenvalue weighted by Gasteiger charge is -2.02. The van der Waals surface area contributed by atoms with Gasteiger partial charge in [-0.15, -0.1) is 11.3 Å². The van der Waals surface area contributed by atoms with Crippen molar-refractivity contribution in [2.24, 2.45) is 0 Å². The van der Waals surface area contributed by atoms with E-state index in [0.717, 1.165) is 5.56 Å². The van der Waals surface area contributed by atoms with Gasteiger partial charge < -0.3 is 10.3 Å². The molecule has 0 radical (unpaired) electrons. The van der Waals surface area contributed by atoms with Crippen molar-refractivity contribution in [2.45, 2.75) is 6.54 Å². The lowest BCUT2D eigenvalue weighted by Crippen LogP contribution is -2.22. The van der Waals surface area contributed by atoms with Crippen LogP contribution < -0.4 is 5.32 Å². The third-order valence-corrected chi connectivity index (χ3v) is 3.12. The normalized spacial score (nSPS) is 10.0. The first kappa shape index (κ1) is 11.0. The minimum atomic E-state index is -0.129. The van der Waals surface area contributed by atoms with Crippen LogP contribution in [0.25, 0.3) is 0 Å². The van der Waals surface area contributed by atoms with Gasteiger partial charge in [0.15, 0.2) is 3.95 Å². The van der Waals surface area contributed by atoms with Gasteiger partial charge in [0.2, 0.25) is 0 Å². The van der Waals surface area contributed by atoms with Gasteiger partial charge in [-0.25, -0.2) is 0 Å². The Hall–Kier alpha value is -1.46. The number of carbonyl (C=O) groups excluding carboxylic acids is 1. The van der Waals surface area contributed by atoms with Crippen molar-refractivity contribution in [3.8, 4) is 0 Å². The van der Waals surface area contributed by atoms with E-state index in [-0.39, 0.29) is 5.91 Å². The lowest BCUT2D eigenvalue weighted by atomic mass is 10.2. The van der Waals surface area contributed by atoms with Crippen LogP contribution in [0.2, 0.25) is 0 Å². The van der Waals surface area contributed by atoms with Crippen molar-refractivity contribution < 1.29 is 4.79 Å². The van der Waals surface area contributed by atoms with Crippen molar-refractivity contribution in [1.29, 1.82) is 0 Å². The molecule has 0 spiro atoms. The summed E-state index contributed by atoms with van der Waals surface area (Å²) in [6, 6.07) is 9.77. The smallest absolute Gasteiger partial charge is 0.268 e. The third-order valence-electron chi connectivity index (χ3n) is 2.06. The number of carbonyl (C=O) groups is 1. The first-order valence-corrected chi connectivity index (χ1v) is 6.04. The largest absolute Gasteiger partial charge is 0.347 e. The molecule has 3 nitrogen and oxygen atoms in total. The zero-order chi connectivity index (χ0) is 11.4. The van der Waals surface area contributed by atoms with Crippen LogP contribution in [-0.2, 0) is 6.54 Å². The second kappa shape index (κ2) is 5.05. The molecule has 82 valence electrons. The zero-order valence-electron chi connectivity index (χ0n) is 8.40. The van der Waals surface area contributed by atoms with E-state index in [2.05, 4.69) is 10.3 Å². The highest BCUT2D eigenvalue weighted by Crippen LogP contribution is 2.04. The molecule has 1 aromatic carbocycles. The van der Waals surface area contributed by atoms with Gasteiger partial charge >= 0.3 is 0 Å². The van der Waals surface area contributed by atoms with Crippen LogP contribution in [0.1, 0.15) is 16.1 Å². The summed E-state index contributed by atoms with van der Waals surface area (Å²) in [5.41, 5.74) is 1.59. The lowest BCUT2D eigenvalue weighted by molar-refractivity contribution is 0.0946. The number of hydrogen-bond acceptors (Lipinski definition) is 3. The number of thiazole rings is 1. The molecule has 1 amide bonds. The topological polar surface area (TPSA) is 44.9 Å². The Balaban J connectivity index is 1.97. The standard InChI is InChI=1S/C11H10N2OS2/c14-10(9-7-16-11(15)13-9)12-6-8-4-2-1-3-5-8/h1-5,7H,6H2,(H,12,14)(H,13,15). The highest BCUT2D eigenvalue weighted by molar-refractivity contribution is 7.73. The average Bonchev–Trinajstić information content (AvgIpc) is 2.74. The first-order valence-electron chi connectivity index (χ1n) is 4.75. The maximum atomic E-state index is 11.6. The summed E-state index contributed by atoms with van der Waals surface area (Å²) in [6.45, 7) is 0.524. The molecule has 0 atom stereocenters. The van der Waals surface area contributed by atoms with Crippen LogP contribution in [0, 0.1) is 3.95 Å². The number of aromatic nitrogens is 1. The van der Waals surface area contributed by atoms with Gasteiger partial charge in [-0.1, -0.05) is 30.3 Å². The number of benzene rings is 1. The first-order chi connectivity index (χ1) is 7.75. The Morgan fingerprint density at radius 1 is 1.38 bits per heavy atom. The molecule has 2 rings (SSSR count). The Labute approximate surface area is 102 Å². The van der Waals surface area contributed by atoms with E-state index >= 15 is 0 Å². The molecule has 0 bridgehead atoms. The van der Waals surface area contributed by atoms with Gasteiger partial charge in [-0.2, -0.15) is 0 Å². The maximum absolute atomic E-state index is 11.6. The molecule has 2 N–H and O–H groups in total. The molecule has 0 aliphatic rings. The molecule has 16 heavy (non-hydrogen) atoms. The number of H-pyrrole nitrogens is 1. The minimum absolute atomic E-state index is 0.129. The van der Waals surface area contributed by atoms with Gasteiger partial charge in [0.1, 0.15) is 5.69 Å². The summed E-state index contributed by atoms with van der Waals surface area (Å²) < 4.78 is 0.616. The summed E-state index contributed by atoms with van der Waals surface area (Å²) >= 11 is 6.27. The van der Waals surface area contributed by atoms with Crippen molar-refractivity contribution in [2.75, 3.05) is 0 Å². The predicted octanol–water partition coefficient (Wildman–Crippen LogP) is 2.74. The Kier molecular flexibility index (Phi) is 3.48. The van der Waals surface area contributed by atoms with Gasteiger partial charge in [-0.05, 0) is 17.8 Å². The quantitative estimate of drug-likeness (QED) is 0.823. The second-order valence-electron chi connectivity index (χ2n) is 3.23. The molecule has 0 saturated carbocycles. The summed E-state index contributed by atoms with van der Waals surface area (Å²) in [5, 5.41) is 4.54. The van der Waals surface area contributed by atoms with Gasteiger partial charge in [0.05, 0.1) is 0 Å². The molecular weight excluding hydrogens is 240 g/mol. The highest BCUT2D eigenvalue weighted by atomic mass is 32.1. The molecular formula is C11H10N2OS2. The SMILES string of the molecule is O=C(NCc1ccccc1)c1csc(=S)[nH]1. The van der Waals surface area contributed by atoms with Crippen molar-refractivity contribution in [3.63, 3.8) is 0 Å². The molecule has 0 fully saturated rings. The minimum Gasteiger partial charge on any atom is -0.347 e. The van der Waals surface area contributed by atoms with Crippen LogP contribution in [0.4, 0.5) is 0 Å². The van der Waals surface area contributed by atoms with Crippen LogP contribution in [0.3, 0.4) is 0 Å². The van der Waals surface area contributed by atoms with Gasteiger partial charge in [0.25, 0.3) is 5.91 Å². The molecule has 1 aromatic heterocycles. The van der Waals surface area contributed by atoms with Crippen molar-refractivity contribution in [1.82, 2.24) is 10.3 Å². The van der Waals surface area contributed by atoms with Crippen LogP contribution in [0.5, 0.6) is 0 Å². The van der Waals surface area contributed by atoms with E-state index < -0.39 is 0 Å². The van der Waals surface area contributed by atoms with Gasteiger partial charge in [0, 0.05) is 11.9 Å². The van der Waals surface area contributed by atoms with E-state index in [9.17, 15) is 4.79 Å². The summed E-state index contributed by atoms with van der Waals surface area (Å²) in [7, 11) is 0. The molecule has 0 aliphatic carbocycles. The number of amides is 1. The fourth-order valence-electron chi connectivity index (χ4n) is 1.27. The van der Waals surface area contributed by atoms with Gasteiger partial charge in [-0.3, -0.25) is 4.79 Å². The Bertz CT molecular complexity index is 530. The number of hydrogen-bond donors (Lipinski definition) is 2. The molecule has 0 unspecified atom stereocenters. The van der Waals surface area contributed by atoms with Crippen molar-refractivity contribution >= 4 is 29.5 Å². The highest BCUT2D eigenvalue weighted by Gasteiger charge is 2.05. The maximum Gasteiger partial charge on any atom is 0.268 e. The Morgan fingerprint density at radius 3 is 2.75 bits per heavy atom. The van der Waals surface area contributed by atoms with E-state index in [1.807, 2.05) is 30.3 Å². The summed E-state index contributed by atoms with van der Waals surface area (Å²) in [6.07, 6.45) is 0. The number of rotatable bonds is 3. The van der Waals surface area contributed by atoms with Crippen LogP contribution in [-0.4, -0.2) is 10.9 Å².